The number of aromatic nitrogens is 1. The van der Waals surface area contributed by atoms with Gasteiger partial charge in [0.15, 0.2) is 4.67 Å². The van der Waals surface area contributed by atoms with E-state index in [9.17, 15) is 13.2 Å². The number of aryl methyl sites for hydroxylation is 1. The van der Waals surface area contributed by atoms with Crippen molar-refractivity contribution in [2.24, 2.45) is 0 Å². The van der Waals surface area contributed by atoms with Crippen molar-refractivity contribution in [1.82, 2.24) is 9.71 Å². The number of pyridine rings is 1. The van der Waals surface area contributed by atoms with Crippen molar-refractivity contribution >= 4 is 31.9 Å². The maximum atomic E-state index is 12.2. The van der Waals surface area contributed by atoms with Gasteiger partial charge in [-0.2, -0.15) is 0 Å². The molecule has 2 aromatic heterocycles. The van der Waals surface area contributed by atoms with Gasteiger partial charge in [-0.1, -0.05) is 6.07 Å². The van der Waals surface area contributed by atoms with Crippen LogP contribution in [-0.2, 0) is 16.6 Å². The number of carbonyl (C=O) groups is 1. The lowest BCUT2D eigenvalue weighted by Crippen LogP contribution is -2.24. The van der Waals surface area contributed by atoms with Gasteiger partial charge >= 0.3 is 5.97 Å². The van der Waals surface area contributed by atoms with E-state index in [4.69, 9.17) is 9.52 Å². The third-order valence-corrected chi connectivity index (χ3v) is 4.96. The lowest BCUT2D eigenvalue weighted by molar-refractivity contribution is 0.0661. The first kappa shape index (κ1) is 15.7. The van der Waals surface area contributed by atoms with Crippen LogP contribution >= 0.6 is 15.9 Å². The molecule has 21 heavy (non-hydrogen) atoms. The zero-order valence-electron chi connectivity index (χ0n) is 10.8. The third-order valence-electron chi connectivity index (χ3n) is 2.70. The van der Waals surface area contributed by atoms with Crippen LogP contribution in [0.15, 0.2) is 38.4 Å². The van der Waals surface area contributed by atoms with E-state index >= 15 is 0 Å². The molecule has 0 unspecified atom stereocenters. The van der Waals surface area contributed by atoms with Crippen molar-refractivity contribution in [2.45, 2.75) is 18.4 Å². The maximum absolute atomic E-state index is 12.2. The van der Waals surface area contributed by atoms with Gasteiger partial charge in [0.05, 0.1) is 12.2 Å². The van der Waals surface area contributed by atoms with Gasteiger partial charge in [-0.3, -0.25) is 4.98 Å². The van der Waals surface area contributed by atoms with Gasteiger partial charge in [0.2, 0.25) is 15.8 Å². The predicted octanol–water partition coefficient (Wildman–Crippen LogP) is 1.92. The van der Waals surface area contributed by atoms with E-state index in [2.05, 4.69) is 25.6 Å². The molecule has 0 spiro atoms. The fraction of sp³-hybridized carbons (Fsp3) is 0.167. The minimum Gasteiger partial charge on any atom is -0.475 e. The maximum Gasteiger partial charge on any atom is 0.371 e. The van der Waals surface area contributed by atoms with Crippen LogP contribution in [0.1, 0.15) is 21.8 Å². The molecule has 0 bridgehead atoms. The summed E-state index contributed by atoms with van der Waals surface area (Å²) in [6.07, 6.45) is 1.56. The van der Waals surface area contributed by atoms with E-state index < -0.39 is 21.8 Å². The van der Waals surface area contributed by atoms with Crippen LogP contribution in [0.3, 0.4) is 0 Å². The normalized spacial score (nSPS) is 11.5. The van der Waals surface area contributed by atoms with Crippen LogP contribution in [0.25, 0.3) is 0 Å². The van der Waals surface area contributed by atoms with Crippen LogP contribution in [0.4, 0.5) is 0 Å². The Morgan fingerprint density at radius 3 is 2.81 bits per heavy atom. The first-order valence-corrected chi connectivity index (χ1v) is 8.01. The van der Waals surface area contributed by atoms with E-state index in [1.165, 1.54) is 0 Å². The second-order valence-electron chi connectivity index (χ2n) is 4.15. The van der Waals surface area contributed by atoms with Gasteiger partial charge in [0, 0.05) is 12.3 Å². The molecule has 0 aliphatic carbocycles. The van der Waals surface area contributed by atoms with Crippen molar-refractivity contribution in [3.63, 3.8) is 0 Å². The number of halogens is 1. The van der Waals surface area contributed by atoms with Gasteiger partial charge in [0.1, 0.15) is 4.90 Å². The highest BCUT2D eigenvalue weighted by molar-refractivity contribution is 9.10. The van der Waals surface area contributed by atoms with Crippen LogP contribution in [0, 0.1) is 6.92 Å². The molecule has 0 saturated carbocycles. The number of hydrogen-bond donors (Lipinski definition) is 2. The number of furan rings is 1. The Labute approximate surface area is 129 Å². The molecule has 112 valence electrons. The molecule has 0 saturated heterocycles. The molecular formula is C12H11BrN2O5S. The number of sulfonamides is 1. The summed E-state index contributed by atoms with van der Waals surface area (Å²) in [7, 11) is -3.91. The van der Waals surface area contributed by atoms with Crippen LogP contribution < -0.4 is 4.72 Å². The molecule has 0 radical (unpaired) electrons. The van der Waals surface area contributed by atoms with E-state index in [-0.39, 0.29) is 16.1 Å². The van der Waals surface area contributed by atoms with Crippen molar-refractivity contribution in [2.75, 3.05) is 0 Å². The van der Waals surface area contributed by atoms with Gasteiger partial charge in [-0.25, -0.2) is 17.9 Å². The summed E-state index contributed by atoms with van der Waals surface area (Å²) in [6, 6.07) is 4.51. The number of aromatic carboxylic acids is 1. The predicted molar refractivity (Wildman–Crippen MR) is 76.4 cm³/mol. The monoisotopic (exact) mass is 374 g/mol. The lowest BCUT2D eigenvalue weighted by atomic mass is 10.2. The molecular weight excluding hydrogens is 364 g/mol. The molecule has 0 aliphatic rings. The number of nitrogens with zero attached hydrogens (tertiary/aromatic N) is 1. The van der Waals surface area contributed by atoms with Crippen LogP contribution in [0.2, 0.25) is 0 Å². The Kier molecular flexibility index (Phi) is 4.45. The lowest BCUT2D eigenvalue weighted by Gasteiger charge is -2.06. The Morgan fingerprint density at radius 1 is 1.52 bits per heavy atom. The zero-order valence-corrected chi connectivity index (χ0v) is 13.2. The summed E-state index contributed by atoms with van der Waals surface area (Å²) < 4.78 is 31.3. The second kappa shape index (κ2) is 5.96. The number of hydrogen-bond acceptors (Lipinski definition) is 5. The summed E-state index contributed by atoms with van der Waals surface area (Å²) in [5, 5.41) is 8.79. The third kappa shape index (κ3) is 3.49. The number of rotatable bonds is 5. The van der Waals surface area contributed by atoms with Crippen molar-refractivity contribution < 1.29 is 22.7 Å². The second-order valence-corrected chi connectivity index (χ2v) is 6.60. The average molecular weight is 375 g/mol. The highest BCUT2D eigenvalue weighted by atomic mass is 79.9. The van der Waals surface area contributed by atoms with Crippen molar-refractivity contribution in [1.29, 1.82) is 0 Å². The smallest absolute Gasteiger partial charge is 0.371 e. The highest BCUT2D eigenvalue weighted by Gasteiger charge is 2.24. The molecule has 0 atom stereocenters. The molecule has 0 amide bonds. The molecule has 7 nitrogen and oxygen atoms in total. The molecule has 9 heteroatoms. The standard InChI is InChI=1S/C12H11BrN2O5S/c1-7-3-2-4-14-8(7)6-15-21(18,19)10-5-9(12(16)17)20-11(10)13/h2-5,15H,6H2,1H3,(H,16,17). The molecule has 0 aromatic carbocycles. The topological polar surface area (TPSA) is 110 Å². The molecule has 0 aliphatic heterocycles. The van der Waals surface area contributed by atoms with Gasteiger partial charge in [-0.05, 0) is 34.5 Å². The minimum atomic E-state index is -3.91. The summed E-state index contributed by atoms with van der Waals surface area (Å²) in [5.74, 6) is -1.81. The molecule has 2 N–H and O–H groups in total. The van der Waals surface area contributed by atoms with Crippen LogP contribution in [-0.4, -0.2) is 24.5 Å². The fourth-order valence-corrected chi connectivity index (χ4v) is 3.51. The summed E-state index contributed by atoms with van der Waals surface area (Å²) in [4.78, 5) is 14.6. The van der Waals surface area contributed by atoms with Gasteiger partial charge in [0.25, 0.3) is 0 Å². The Balaban J connectivity index is 2.23. The fourth-order valence-electron chi connectivity index (χ4n) is 1.59. The average Bonchev–Trinajstić information content (AvgIpc) is 2.81. The SMILES string of the molecule is Cc1cccnc1CNS(=O)(=O)c1cc(C(=O)O)oc1Br. The largest absolute Gasteiger partial charge is 0.475 e. The first-order valence-electron chi connectivity index (χ1n) is 5.74. The minimum absolute atomic E-state index is 0.00493. The van der Waals surface area contributed by atoms with E-state index in [1.807, 2.05) is 13.0 Å². The van der Waals surface area contributed by atoms with Crippen molar-refractivity contribution in [3.8, 4) is 0 Å². The quantitative estimate of drug-likeness (QED) is 0.827. The van der Waals surface area contributed by atoms with E-state index in [0.717, 1.165) is 11.6 Å². The van der Waals surface area contributed by atoms with Crippen molar-refractivity contribution in [3.05, 3.63) is 46.1 Å². The number of carboxylic acids is 1. The van der Waals surface area contributed by atoms with E-state index in [1.54, 1.807) is 12.3 Å². The molecule has 2 rings (SSSR count). The molecule has 2 aromatic rings. The number of carboxylic acid groups (broad SMARTS) is 1. The van der Waals surface area contributed by atoms with Gasteiger partial charge < -0.3 is 9.52 Å². The van der Waals surface area contributed by atoms with Crippen LogP contribution in [0.5, 0.6) is 0 Å². The summed E-state index contributed by atoms with van der Waals surface area (Å²) >= 11 is 2.90. The Hall–Kier alpha value is -1.71. The number of nitrogens with one attached hydrogen (secondary N) is 1. The molecule has 0 fully saturated rings. The van der Waals surface area contributed by atoms with E-state index in [0.29, 0.717) is 5.69 Å². The summed E-state index contributed by atoms with van der Waals surface area (Å²) in [5.41, 5.74) is 1.43. The highest BCUT2D eigenvalue weighted by Crippen LogP contribution is 2.26. The Bertz CT molecular complexity index is 785. The first-order chi connectivity index (χ1) is 9.81. The zero-order chi connectivity index (χ0) is 15.6. The summed E-state index contributed by atoms with van der Waals surface area (Å²) in [6.45, 7) is 1.81. The molecule has 2 heterocycles. The van der Waals surface area contributed by atoms with Gasteiger partial charge in [-0.15, -0.1) is 0 Å². The Morgan fingerprint density at radius 2 is 2.24 bits per heavy atom.